The van der Waals surface area contributed by atoms with Gasteiger partial charge in [0, 0.05) is 11.6 Å². The van der Waals surface area contributed by atoms with Crippen LogP contribution in [-0.4, -0.2) is 30.8 Å². The molecule has 0 heterocycles. The van der Waals surface area contributed by atoms with Gasteiger partial charge in [-0.05, 0) is 50.6 Å². The van der Waals surface area contributed by atoms with Crippen molar-refractivity contribution in [3.63, 3.8) is 0 Å². The molecule has 30 heavy (non-hydrogen) atoms. The summed E-state index contributed by atoms with van der Waals surface area (Å²) in [6, 6.07) is 29.0. The molecule has 0 saturated carbocycles. The van der Waals surface area contributed by atoms with Crippen LogP contribution in [0.2, 0.25) is 0 Å². The minimum Gasteiger partial charge on any atom is -0.307 e. The van der Waals surface area contributed by atoms with Crippen molar-refractivity contribution in [2.75, 3.05) is 14.1 Å². The van der Waals surface area contributed by atoms with Crippen molar-refractivity contribution in [1.29, 1.82) is 0 Å². The summed E-state index contributed by atoms with van der Waals surface area (Å²) in [7, 11) is 4.16. The summed E-state index contributed by atoms with van der Waals surface area (Å²) in [5.41, 5.74) is 3.41. The van der Waals surface area contributed by atoms with Crippen LogP contribution in [0.3, 0.4) is 0 Å². The SMILES string of the molecule is CCCc1ccc(C(=O)C(C[C@H](C)N(C)C)(c2ccccc2)c2ccccc2)cc1. The smallest absolute Gasteiger partial charge is 0.177 e. The zero-order valence-corrected chi connectivity index (χ0v) is 18.6. The molecule has 2 heteroatoms. The predicted octanol–water partition coefficient (Wildman–Crippen LogP) is 6.15. The number of nitrogens with zero attached hydrogens (tertiary/aromatic N) is 1. The summed E-state index contributed by atoms with van der Waals surface area (Å²) in [4.78, 5) is 16.5. The molecule has 0 aliphatic carbocycles. The van der Waals surface area contributed by atoms with Crippen molar-refractivity contribution in [3.05, 3.63) is 107 Å². The highest BCUT2D eigenvalue weighted by Crippen LogP contribution is 2.40. The molecule has 0 aliphatic rings. The van der Waals surface area contributed by atoms with Crippen molar-refractivity contribution in [3.8, 4) is 0 Å². The maximum atomic E-state index is 14.3. The van der Waals surface area contributed by atoms with E-state index in [4.69, 9.17) is 0 Å². The van der Waals surface area contributed by atoms with E-state index in [1.54, 1.807) is 0 Å². The summed E-state index contributed by atoms with van der Waals surface area (Å²) in [5, 5.41) is 0. The second-order valence-corrected chi connectivity index (χ2v) is 8.43. The highest BCUT2D eigenvalue weighted by atomic mass is 16.1. The van der Waals surface area contributed by atoms with E-state index in [9.17, 15) is 4.79 Å². The minimum atomic E-state index is -0.738. The molecule has 0 aliphatic heterocycles. The van der Waals surface area contributed by atoms with E-state index >= 15 is 0 Å². The van der Waals surface area contributed by atoms with Gasteiger partial charge >= 0.3 is 0 Å². The lowest BCUT2D eigenvalue weighted by atomic mass is 9.66. The topological polar surface area (TPSA) is 20.3 Å². The number of rotatable bonds is 9. The third kappa shape index (κ3) is 4.55. The molecule has 0 radical (unpaired) electrons. The number of hydrogen-bond donors (Lipinski definition) is 0. The molecule has 0 bridgehead atoms. The highest BCUT2D eigenvalue weighted by molar-refractivity contribution is 6.06. The Kier molecular flexibility index (Phi) is 7.23. The van der Waals surface area contributed by atoms with Gasteiger partial charge in [0.1, 0.15) is 0 Å². The van der Waals surface area contributed by atoms with Crippen molar-refractivity contribution in [2.45, 2.75) is 44.6 Å². The number of carbonyl (C=O) groups is 1. The molecular formula is C28H33NO. The van der Waals surface area contributed by atoms with Gasteiger partial charge in [0.25, 0.3) is 0 Å². The van der Waals surface area contributed by atoms with Gasteiger partial charge in [-0.25, -0.2) is 0 Å². The first-order valence-corrected chi connectivity index (χ1v) is 10.9. The van der Waals surface area contributed by atoms with Crippen LogP contribution in [0.1, 0.15) is 53.7 Å². The molecule has 1 atom stereocenters. The van der Waals surface area contributed by atoms with Crippen LogP contribution < -0.4 is 0 Å². The maximum Gasteiger partial charge on any atom is 0.177 e. The standard InChI is InChI=1S/C28H33NO/c1-5-12-23-17-19-24(20-18-23)27(30)28(21-22(2)29(3)4,25-13-8-6-9-14-25)26-15-10-7-11-16-26/h6-11,13-20,22H,5,12,21H2,1-4H3/t22-/m0/s1. The number of carbonyl (C=O) groups excluding carboxylic acids is 1. The number of benzene rings is 3. The molecule has 0 amide bonds. The number of Topliss-reactive ketones (excluding diaryl/α,β-unsaturated/α-hetero) is 1. The van der Waals surface area contributed by atoms with Crippen molar-refractivity contribution < 1.29 is 4.79 Å². The Morgan fingerprint density at radius 1 is 0.833 bits per heavy atom. The van der Waals surface area contributed by atoms with Crippen LogP contribution in [0, 0.1) is 0 Å². The molecule has 0 saturated heterocycles. The second-order valence-electron chi connectivity index (χ2n) is 8.43. The molecule has 156 valence electrons. The Morgan fingerprint density at radius 2 is 1.33 bits per heavy atom. The minimum absolute atomic E-state index is 0.164. The first-order valence-electron chi connectivity index (χ1n) is 10.9. The van der Waals surface area contributed by atoms with Crippen LogP contribution in [0.15, 0.2) is 84.9 Å². The summed E-state index contributed by atoms with van der Waals surface area (Å²) < 4.78 is 0. The number of ketones is 1. The maximum absolute atomic E-state index is 14.3. The van der Waals surface area contributed by atoms with E-state index in [0.29, 0.717) is 6.42 Å². The van der Waals surface area contributed by atoms with Gasteiger partial charge in [-0.1, -0.05) is 98.3 Å². The first-order chi connectivity index (χ1) is 14.5. The van der Waals surface area contributed by atoms with Crippen LogP contribution in [0.25, 0.3) is 0 Å². The van der Waals surface area contributed by atoms with Gasteiger partial charge < -0.3 is 4.90 Å². The largest absolute Gasteiger partial charge is 0.307 e. The predicted molar refractivity (Wildman–Crippen MR) is 126 cm³/mol. The van der Waals surface area contributed by atoms with Gasteiger partial charge in [0.15, 0.2) is 5.78 Å². The second kappa shape index (κ2) is 9.86. The van der Waals surface area contributed by atoms with Crippen LogP contribution >= 0.6 is 0 Å². The van der Waals surface area contributed by atoms with Gasteiger partial charge in [-0.2, -0.15) is 0 Å². The quantitative estimate of drug-likeness (QED) is 0.402. The fourth-order valence-electron chi connectivity index (χ4n) is 4.19. The van der Waals surface area contributed by atoms with E-state index in [2.05, 4.69) is 69.2 Å². The Labute approximate surface area is 181 Å². The van der Waals surface area contributed by atoms with Crippen molar-refractivity contribution in [1.82, 2.24) is 4.90 Å². The van der Waals surface area contributed by atoms with Crippen LogP contribution in [0.4, 0.5) is 0 Å². The first kappa shape index (κ1) is 22.0. The third-order valence-electron chi connectivity index (χ3n) is 6.16. The Hall–Kier alpha value is -2.71. The van der Waals surface area contributed by atoms with E-state index in [0.717, 1.165) is 29.5 Å². The molecule has 0 fully saturated rings. The van der Waals surface area contributed by atoms with Gasteiger partial charge in [0.2, 0.25) is 0 Å². The van der Waals surface area contributed by atoms with Gasteiger partial charge in [-0.3, -0.25) is 4.79 Å². The number of hydrogen-bond acceptors (Lipinski definition) is 2. The lowest BCUT2D eigenvalue weighted by Crippen LogP contribution is -2.43. The molecule has 0 N–H and O–H groups in total. The highest BCUT2D eigenvalue weighted by Gasteiger charge is 2.43. The van der Waals surface area contributed by atoms with E-state index < -0.39 is 5.41 Å². The Bertz CT molecular complexity index is 890. The summed E-state index contributed by atoms with van der Waals surface area (Å²) in [6.07, 6.45) is 2.85. The van der Waals surface area contributed by atoms with Crippen LogP contribution in [0.5, 0.6) is 0 Å². The molecule has 0 unspecified atom stereocenters. The molecule has 3 rings (SSSR count). The number of aryl methyl sites for hydroxylation is 1. The molecular weight excluding hydrogens is 366 g/mol. The van der Waals surface area contributed by atoms with E-state index in [1.807, 2.05) is 48.5 Å². The lowest BCUT2D eigenvalue weighted by Gasteiger charge is -2.38. The van der Waals surface area contributed by atoms with E-state index in [-0.39, 0.29) is 11.8 Å². The van der Waals surface area contributed by atoms with Crippen molar-refractivity contribution >= 4 is 5.78 Å². The Morgan fingerprint density at radius 3 is 1.77 bits per heavy atom. The molecule has 2 nitrogen and oxygen atoms in total. The van der Waals surface area contributed by atoms with Gasteiger partial charge in [0.05, 0.1) is 5.41 Å². The molecule has 0 aromatic heterocycles. The zero-order chi connectivity index (χ0) is 21.6. The molecule has 3 aromatic rings. The lowest BCUT2D eigenvalue weighted by molar-refractivity contribution is 0.0882. The third-order valence-corrected chi connectivity index (χ3v) is 6.16. The monoisotopic (exact) mass is 399 g/mol. The zero-order valence-electron chi connectivity index (χ0n) is 18.6. The summed E-state index contributed by atoms with van der Waals surface area (Å²) >= 11 is 0. The molecule has 3 aromatic carbocycles. The summed E-state index contributed by atoms with van der Waals surface area (Å²) in [5.74, 6) is 0.164. The molecule has 0 spiro atoms. The van der Waals surface area contributed by atoms with Crippen molar-refractivity contribution in [2.24, 2.45) is 0 Å². The average Bonchev–Trinajstić information content (AvgIpc) is 2.78. The average molecular weight is 400 g/mol. The van der Waals surface area contributed by atoms with E-state index in [1.165, 1.54) is 5.56 Å². The van der Waals surface area contributed by atoms with Gasteiger partial charge in [-0.15, -0.1) is 0 Å². The fourth-order valence-corrected chi connectivity index (χ4v) is 4.19. The summed E-state index contributed by atoms with van der Waals surface area (Å²) in [6.45, 7) is 4.37. The normalized spacial score (nSPS) is 12.7. The van der Waals surface area contributed by atoms with Crippen LogP contribution in [-0.2, 0) is 11.8 Å². The fraction of sp³-hybridized carbons (Fsp3) is 0.321. The Balaban J connectivity index is 2.19.